The van der Waals surface area contributed by atoms with Crippen LogP contribution in [0.4, 0.5) is 5.69 Å². The molecule has 1 N–H and O–H groups in total. The van der Waals surface area contributed by atoms with Crippen LogP contribution in [0.2, 0.25) is 0 Å². The summed E-state index contributed by atoms with van der Waals surface area (Å²) in [6.45, 7) is 4.87. The molecule has 3 aromatic rings. The van der Waals surface area contributed by atoms with Crippen LogP contribution in [0.3, 0.4) is 0 Å². The van der Waals surface area contributed by atoms with E-state index < -0.39 is 10.0 Å². The van der Waals surface area contributed by atoms with Gasteiger partial charge in [-0.25, -0.2) is 4.98 Å². The Hall–Kier alpha value is -2.25. The van der Waals surface area contributed by atoms with E-state index in [2.05, 4.69) is 14.9 Å². The number of thioether (sulfide) groups is 2. The Kier molecular flexibility index (Phi) is 8.30. The van der Waals surface area contributed by atoms with Crippen molar-refractivity contribution in [2.24, 2.45) is 4.99 Å². The average molecular weight is 562 g/mol. The van der Waals surface area contributed by atoms with Gasteiger partial charge in [0.05, 0.1) is 30.0 Å². The third-order valence-corrected chi connectivity index (χ3v) is 10.2. The molecule has 0 amide bonds. The summed E-state index contributed by atoms with van der Waals surface area (Å²) >= 11 is 3.81. The zero-order valence-corrected chi connectivity index (χ0v) is 23.4. The van der Waals surface area contributed by atoms with Crippen molar-refractivity contribution in [1.29, 1.82) is 0 Å². The minimum atomic E-state index is -3.88. The maximum absolute atomic E-state index is 13.4. The SMILES string of the molecule is COCCOc1cc(N(C)S(=O)(=O)c2ccccn2)c2[nH]c(C3=NC[C@H](CN4CCSCC4)S3)cc2c1. The van der Waals surface area contributed by atoms with Gasteiger partial charge in [-0.1, -0.05) is 17.8 Å². The summed E-state index contributed by atoms with van der Waals surface area (Å²) in [5.41, 5.74) is 2.07. The molecule has 2 aliphatic rings. The van der Waals surface area contributed by atoms with E-state index in [0.717, 1.165) is 42.3 Å². The minimum absolute atomic E-state index is 0.0159. The van der Waals surface area contributed by atoms with Crippen molar-refractivity contribution in [3.63, 3.8) is 0 Å². The molecule has 2 aromatic heterocycles. The number of nitrogens with zero attached hydrogens (tertiary/aromatic N) is 4. The number of benzene rings is 1. The number of methoxy groups -OCH3 is 1. The van der Waals surface area contributed by atoms with Gasteiger partial charge in [0.25, 0.3) is 10.0 Å². The second kappa shape index (κ2) is 11.6. The molecule has 0 aliphatic carbocycles. The lowest BCUT2D eigenvalue weighted by atomic mass is 10.2. The number of nitrogens with one attached hydrogen (secondary N) is 1. The minimum Gasteiger partial charge on any atom is -0.491 e. The lowest BCUT2D eigenvalue weighted by Crippen LogP contribution is -2.37. The zero-order chi connectivity index (χ0) is 25.8. The predicted molar refractivity (Wildman–Crippen MR) is 152 cm³/mol. The van der Waals surface area contributed by atoms with Gasteiger partial charge in [-0.3, -0.25) is 9.30 Å². The maximum atomic E-state index is 13.4. The van der Waals surface area contributed by atoms with Crippen molar-refractivity contribution in [3.8, 4) is 5.75 Å². The van der Waals surface area contributed by atoms with E-state index in [-0.39, 0.29) is 5.03 Å². The second-order valence-corrected chi connectivity index (χ2v) is 13.3. The molecule has 37 heavy (non-hydrogen) atoms. The number of hydrogen-bond donors (Lipinski definition) is 1. The molecule has 1 fully saturated rings. The summed E-state index contributed by atoms with van der Waals surface area (Å²) in [5.74, 6) is 2.95. The lowest BCUT2D eigenvalue weighted by Gasteiger charge is -2.28. The van der Waals surface area contributed by atoms with Gasteiger partial charge in [0.1, 0.15) is 17.4 Å². The highest BCUT2D eigenvalue weighted by Crippen LogP contribution is 2.36. The molecule has 9 nitrogen and oxygen atoms in total. The number of anilines is 1. The van der Waals surface area contributed by atoms with Crippen LogP contribution in [-0.2, 0) is 14.8 Å². The monoisotopic (exact) mass is 561 g/mol. The summed E-state index contributed by atoms with van der Waals surface area (Å²) in [5, 5.41) is 2.21. The first kappa shape index (κ1) is 26.4. The number of sulfonamides is 1. The molecular formula is C25H31N5O4S3. The first-order valence-electron chi connectivity index (χ1n) is 12.2. The summed E-state index contributed by atoms with van der Waals surface area (Å²) in [4.78, 5) is 14.9. The first-order valence-corrected chi connectivity index (χ1v) is 15.6. The molecule has 1 atom stereocenters. The molecule has 1 saturated heterocycles. The number of aliphatic imine (C=N–C) groups is 1. The van der Waals surface area contributed by atoms with Crippen LogP contribution < -0.4 is 9.04 Å². The molecule has 0 saturated carbocycles. The van der Waals surface area contributed by atoms with Crippen LogP contribution >= 0.6 is 23.5 Å². The number of rotatable bonds is 10. The van der Waals surface area contributed by atoms with E-state index in [1.54, 1.807) is 37.1 Å². The average Bonchev–Trinajstić information content (AvgIpc) is 3.56. The molecule has 0 unspecified atom stereocenters. The van der Waals surface area contributed by atoms with Gasteiger partial charge in [-0.2, -0.15) is 20.2 Å². The van der Waals surface area contributed by atoms with Gasteiger partial charge in [0, 0.05) is 68.2 Å². The fourth-order valence-electron chi connectivity index (χ4n) is 4.39. The van der Waals surface area contributed by atoms with Crippen LogP contribution in [0.15, 0.2) is 52.6 Å². The summed E-state index contributed by atoms with van der Waals surface area (Å²) in [6.07, 6.45) is 1.47. The fourth-order valence-corrected chi connectivity index (χ4v) is 7.63. The predicted octanol–water partition coefficient (Wildman–Crippen LogP) is 3.32. The normalized spacial score (nSPS) is 18.8. The quantitative estimate of drug-likeness (QED) is 0.377. The molecule has 1 aromatic carbocycles. The van der Waals surface area contributed by atoms with Gasteiger partial charge in [0.2, 0.25) is 0 Å². The third-order valence-electron chi connectivity index (χ3n) is 6.35. The number of fused-ring (bicyclic) bond motifs is 1. The molecule has 12 heteroatoms. The van der Waals surface area contributed by atoms with Crippen LogP contribution in [0.25, 0.3) is 10.9 Å². The smallest absolute Gasteiger partial charge is 0.281 e. The molecule has 4 heterocycles. The number of pyridine rings is 1. The van der Waals surface area contributed by atoms with Gasteiger partial charge in [-0.05, 0) is 24.3 Å². The molecule has 0 bridgehead atoms. The van der Waals surface area contributed by atoms with Crippen LogP contribution in [0.1, 0.15) is 5.69 Å². The van der Waals surface area contributed by atoms with E-state index in [4.69, 9.17) is 14.5 Å². The zero-order valence-electron chi connectivity index (χ0n) is 20.9. The molecule has 0 spiro atoms. The number of hydrogen-bond acceptors (Lipinski definition) is 9. The molecule has 2 aliphatic heterocycles. The highest BCUT2D eigenvalue weighted by molar-refractivity contribution is 8.15. The standard InChI is InChI=1S/C25H31N5O4S3/c1-29(37(31,32)23-5-3-4-6-26-23)22-15-19(34-10-9-33-2)13-18-14-21(28-24(18)22)25-27-16-20(36-25)17-30-7-11-35-12-8-30/h3-6,13-15,20,28H,7-12,16-17H2,1-2H3/t20-/m1/s1. The number of H-pyrrole nitrogens is 1. The third kappa shape index (κ3) is 5.93. The molecule has 198 valence electrons. The van der Waals surface area contributed by atoms with Gasteiger partial charge >= 0.3 is 0 Å². The molecule has 5 rings (SSSR count). The Morgan fingerprint density at radius 1 is 1.19 bits per heavy atom. The summed E-state index contributed by atoms with van der Waals surface area (Å²) in [7, 11) is -0.734. The van der Waals surface area contributed by atoms with Gasteiger partial charge in [-0.15, -0.1) is 0 Å². The maximum Gasteiger partial charge on any atom is 0.281 e. The lowest BCUT2D eigenvalue weighted by molar-refractivity contribution is 0.146. The van der Waals surface area contributed by atoms with E-state index >= 15 is 0 Å². The molecular weight excluding hydrogens is 531 g/mol. The Morgan fingerprint density at radius 3 is 2.78 bits per heavy atom. The second-order valence-electron chi connectivity index (χ2n) is 8.87. The van der Waals surface area contributed by atoms with Crippen LogP contribution in [0.5, 0.6) is 5.75 Å². The largest absolute Gasteiger partial charge is 0.491 e. The van der Waals surface area contributed by atoms with Crippen molar-refractivity contribution in [2.45, 2.75) is 10.3 Å². The van der Waals surface area contributed by atoms with Crippen molar-refractivity contribution in [2.75, 3.05) is 69.4 Å². The van der Waals surface area contributed by atoms with Crippen LogP contribution in [-0.4, -0.2) is 98.6 Å². The summed E-state index contributed by atoms with van der Waals surface area (Å²) < 4.78 is 39.0. The Labute approximate surface area is 226 Å². The van der Waals surface area contributed by atoms with E-state index in [0.29, 0.717) is 35.4 Å². The van der Waals surface area contributed by atoms with E-state index in [9.17, 15) is 8.42 Å². The highest BCUT2D eigenvalue weighted by atomic mass is 32.2. The molecule has 0 radical (unpaired) electrons. The number of aromatic amines is 1. The van der Waals surface area contributed by atoms with Crippen molar-refractivity contribution in [1.82, 2.24) is 14.9 Å². The van der Waals surface area contributed by atoms with Crippen molar-refractivity contribution < 1.29 is 17.9 Å². The summed E-state index contributed by atoms with van der Waals surface area (Å²) in [6, 6.07) is 10.5. The first-order chi connectivity index (χ1) is 18.0. The van der Waals surface area contributed by atoms with E-state index in [1.807, 2.05) is 23.9 Å². The number of ether oxygens (including phenoxy) is 2. The fraction of sp³-hybridized carbons (Fsp3) is 0.440. The van der Waals surface area contributed by atoms with Gasteiger partial charge < -0.3 is 19.4 Å². The topological polar surface area (TPSA) is 100 Å². The van der Waals surface area contributed by atoms with Crippen LogP contribution in [0, 0.1) is 0 Å². The van der Waals surface area contributed by atoms with Crippen molar-refractivity contribution >= 4 is 55.2 Å². The van der Waals surface area contributed by atoms with Gasteiger partial charge in [0.15, 0.2) is 5.03 Å². The van der Waals surface area contributed by atoms with E-state index in [1.165, 1.54) is 35.1 Å². The highest BCUT2D eigenvalue weighted by Gasteiger charge is 2.28. The Balaban J connectivity index is 1.44. The number of aromatic nitrogens is 2. The van der Waals surface area contributed by atoms with Crippen molar-refractivity contribution in [3.05, 3.63) is 48.3 Å². The Bertz CT molecular complexity index is 1360. The Morgan fingerprint density at radius 2 is 2.03 bits per heavy atom.